The van der Waals surface area contributed by atoms with E-state index in [1.165, 1.54) is 0 Å². The van der Waals surface area contributed by atoms with Crippen LogP contribution in [0, 0.1) is 0 Å². The number of ether oxygens (including phenoxy) is 3. The van der Waals surface area contributed by atoms with Crippen molar-refractivity contribution in [3.05, 3.63) is 23.8 Å². The molecular weight excluding hydrogens is 302 g/mol. The van der Waals surface area contributed by atoms with Gasteiger partial charge in [0.1, 0.15) is 18.8 Å². The molecule has 0 aromatic heterocycles. The molecular formula is C16H21NO6. The minimum Gasteiger partial charge on any atom is -0.486 e. The van der Waals surface area contributed by atoms with Gasteiger partial charge in [-0.25, -0.2) is 4.79 Å². The Balaban J connectivity index is 2.17. The lowest BCUT2D eigenvalue weighted by molar-refractivity contribution is -0.137. The van der Waals surface area contributed by atoms with Gasteiger partial charge < -0.3 is 24.6 Å². The van der Waals surface area contributed by atoms with Crippen LogP contribution in [-0.2, 0) is 9.53 Å². The lowest BCUT2D eigenvalue weighted by Gasteiger charge is -2.24. The Morgan fingerprint density at radius 3 is 2.52 bits per heavy atom. The Morgan fingerprint density at radius 2 is 1.91 bits per heavy atom. The number of benzene rings is 1. The smallest absolute Gasteiger partial charge is 0.408 e. The van der Waals surface area contributed by atoms with E-state index in [-0.39, 0.29) is 6.42 Å². The fraction of sp³-hybridized carbons (Fsp3) is 0.500. The topological polar surface area (TPSA) is 94.1 Å². The molecule has 0 saturated heterocycles. The van der Waals surface area contributed by atoms with Crippen LogP contribution in [0.3, 0.4) is 0 Å². The number of nitrogens with one attached hydrogen (secondary N) is 1. The molecule has 126 valence electrons. The highest BCUT2D eigenvalue weighted by Crippen LogP contribution is 2.33. The number of carbonyl (C=O) groups excluding carboxylic acids is 1. The molecule has 1 aliphatic heterocycles. The first-order chi connectivity index (χ1) is 10.7. The van der Waals surface area contributed by atoms with Gasteiger partial charge in [0.05, 0.1) is 12.5 Å². The van der Waals surface area contributed by atoms with Crippen molar-refractivity contribution < 1.29 is 28.9 Å². The van der Waals surface area contributed by atoms with Crippen molar-refractivity contribution in [1.82, 2.24) is 5.32 Å². The second kappa shape index (κ2) is 6.76. The maximum Gasteiger partial charge on any atom is 0.408 e. The van der Waals surface area contributed by atoms with Gasteiger partial charge in [-0.3, -0.25) is 4.79 Å². The summed E-state index contributed by atoms with van der Waals surface area (Å²) in [5.41, 5.74) is -0.0486. The number of rotatable bonds is 4. The molecule has 1 atom stereocenters. The Kier molecular flexibility index (Phi) is 4.98. The second-order valence-electron chi connectivity index (χ2n) is 6.20. The first-order valence-electron chi connectivity index (χ1n) is 7.35. The van der Waals surface area contributed by atoms with Gasteiger partial charge in [-0.1, -0.05) is 6.07 Å². The van der Waals surface area contributed by atoms with Crippen molar-refractivity contribution in [2.45, 2.75) is 38.8 Å². The number of aliphatic carboxylic acids is 1. The molecule has 1 amide bonds. The van der Waals surface area contributed by atoms with Crippen molar-refractivity contribution in [2.75, 3.05) is 13.2 Å². The average molecular weight is 323 g/mol. The molecule has 0 unspecified atom stereocenters. The summed E-state index contributed by atoms with van der Waals surface area (Å²) in [5, 5.41) is 11.7. The van der Waals surface area contributed by atoms with Gasteiger partial charge in [-0.2, -0.15) is 0 Å². The van der Waals surface area contributed by atoms with Crippen LogP contribution in [0.4, 0.5) is 4.79 Å². The van der Waals surface area contributed by atoms with Crippen LogP contribution in [0.25, 0.3) is 0 Å². The summed E-state index contributed by atoms with van der Waals surface area (Å²) in [6.07, 6.45) is -0.933. The normalized spacial score (nSPS) is 14.7. The maximum absolute atomic E-state index is 11.9. The molecule has 0 aliphatic carbocycles. The summed E-state index contributed by atoms with van der Waals surface area (Å²) in [4.78, 5) is 23.0. The second-order valence-corrected chi connectivity index (χ2v) is 6.20. The van der Waals surface area contributed by atoms with Crippen LogP contribution in [0.5, 0.6) is 11.5 Å². The van der Waals surface area contributed by atoms with Crippen molar-refractivity contribution >= 4 is 12.1 Å². The number of fused-ring (bicyclic) bond motifs is 1. The first-order valence-corrected chi connectivity index (χ1v) is 7.35. The van der Waals surface area contributed by atoms with Crippen LogP contribution in [0.2, 0.25) is 0 Å². The molecule has 2 rings (SSSR count). The van der Waals surface area contributed by atoms with E-state index < -0.39 is 23.7 Å². The summed E-state index contributed by atoms with van der Waals surface area (Å²) in [5.74, 6) is 0.113. The SMILES string of the molecule is CC(C)(C)OC(=O)N[C@H](CC(=O)O)c1ccc2c(c1)OCCO2. The van der Waals surface area contributed by atoms with Gasteiger partial charge in [-0.15, -0.1) is 0 Å². The summed E-state index contributed by atoms with van der Waals surface area (Å²) in [6.45, 7) is 6.12. The van der Waals surface area contributed by atoms with Crippen LogP contribution < -0.4 is 14.8 Å². The van der Waals surface area contributed by atoms with Crippen molar-refractivity contribution in [3.8, 4) is 11.5 Å². The van der Waals surface area contributed by atoms with Crippen molar-refractivity contribution in [3.63, 3.8) is 0 Å². The Bertz CT molecular complexity index is 593. The van der Waals surface area contributed by atoms with E-state index in [1.807, 2.05) is 0 Å². The molecule has 1 aliphatic rings. The number of hydrogen-bond acceptors (Lipinski definition) is 5. The molecule has 0 saturated carbocycles. The fourth-order valence-electron chi connectivity index (χ4n) is 2.15. The van der Waals surface area contributed by atoms with E-state index >= 15 is 0 Å². The lowest BCUT2D eigenvalue weighted by atomic mass is 10.0. The van der Waals surface area contributed by atoms with Gasteiger partial charge in [0.25, 0.3) is 0 Å². The lowest BCUT2D eigenvalue weighted by Crippen LogP contribution is -2.35. The van der Waals surface area contributed by atoms with Gasteiger partial charge in [0.15, 0.2) is 11.5 Å². The van der Waals surface area contributed by atoms with Crippen molar-refractivity contribution in [1.29, 1.82) is 0 Å². The van der Waals surface area contributed by atoms with Crippen molar-refractivity contribution in [2.24, 2.45) is 0 Å². The van der Waals surface area contributed by atoms with Crippen LogP contribution >= 0.6 is 0 Å². The molecule has 1 heterocycles. The van der Waals surface area contributed by atoms with Crippen LogP contribution in [0.15, 0.2) is 18.2 Å². The van der Waals surface area contributed by atoms with E-state index in [2.05, 4.69) is 5.32 Å². The van der Waals surface area contributed by atoms with Crippen LogP contribution in [0.1, 0.15) is 38.8 Å². The zero-order valence-electron chi connectivity index (χ0n) is 13.4. The summed E-state index contributed by atoms with van der Waals surface area (Å²) in [6, 6.07) is 4.37. The quantitative estimate of drug-likeness (QED) is 0.884. The van der Waals surface area contributed by atoms with Gasteiger partial charge in [0, 0.05) is 0 Å². The van der Waals surface area contributed by atoms with E-state index in [9.17, 15) is 9.59 Å². The predicted octanol–water partition coefficient (Wildman–Crippen LogP) is 2.50. The number of carbonyl (C=O) groups is 2. The third-order valence-electron chi connectivity index (χ3n) is 3.04. The van der Waals surface area contributed by atoms with E-state index in [0.29, 0.717) is 30.3 Å². The molecule has 23 heavy (non-hydrogen) atoms. The molecule has 7 heteroatoms. The highest BCUT2D eigenvalue weighted by Gasteiger charge is 2.24. The van der Waals surface area contributed by atoms with Gasteiger partial charge in [-0.05, 0) is 38.5 Å². The van der Waals surface area contributed by atoms with E-state index in [0.717, 1.165) is 0 Å². The van der Waals surface area contributed by atoms with Crippen LogP contribution in [-0.4, -0.2) is 36.0 Å². The Labute approximate surface area is 134 Å². The third-order valence-corrected chi connectivity index (χ3v) is 3.04. The third kappa shape index (κ3) is 5.05. The van der Waals surface area contributed by atoms with Gasteiger partial charge in [0.2, 0.25) is 0 Å². The molecule has 0 spiro atoms. The largest absolute Gasteiger partial charge is 0.486 e. The summed E-state index contributed by atoms with van der Waals surface area (Å²) in [7, 11) is 0. The Hall–Kier alpha value is -2.44. The van der Waals surface area contributed by atoms with Gasteiger partial charge >= 0.3 is 12.1 Å². The number of carboxylic acid groups (broad SMARTS) is 1. The summed E-state index contributed by atoms with van der Waals surface area (Å²) < 4.78 is 16.1. The van der Waals surface area contributed by atoms with E-state index in [4.69, 9.17) is 19.3 Å². The molecule has 0 radical (unpaired) electrons. The minimum atomic E-state index is -1.03. The molecule has 1 aromatic carbocycles. The number of carboxylic acids is 1. The van der Waals surface area contributed by atoms with E-state index in [1.54, 1.807) is 39.0 Å². The molecule has 2 N–H and O–H groups in total. The average Bonchev–Trinajstić information content (AvgIpc) is 2.43. The molecule has 0 fully saturated rings. The monoisotopic (exact) mass is 323 g/mol. The first kappa shape index (κ1) is 16.9. The Morgan fingerprint density at radius 1 is 1.26 bits per heavy atom. The zero-order valence-corrected chi connectivity index (χ0v) is 13.4. The number of amides is 1. The summed E-state index contributed by atoms with van der Waals surface area (Å²) >= 11 is 0. The number of hydrogen-bond donors (Lipinski definition) is 2. The minimum absolute atomic E-state index is 0.265. The standard InChI is InChI=1S/C16H21NO6/c1-16(2,3)23-15(20)17-11(9-14(18)19)10-4-5-12-13(8-10)22-7-6-21-12/h4-5,8,11H,6-7,9H2,1-3H3,(H,17,20)(H,18,19)/t11-/m1/s1. The number of alkyl carbamates (subject to hydrolysis) is 1. The fourth-order valence-corrected chi connectivity index (χ4v) is 2.15. The molecule has 7 nitrogen and oxygen atoms in total. The molecule has 1 aromatic rings. The highest BCUT2D eigenvalue weighted by atomic mass is 16.6. The molecule has 0 bridgehead atoms. The highest BCUT2D eigenvalue weighted by molar-refractivity contribution is 5.72. The maximum atomic E-state index is 11.9. The predicted molar refractivity (Wildman–Crippen MR) is 81.8 cm³/mol. The zero-order chi connectivity index (χ0) is 17.0.